The zero-order valence-electron chi connectivity index (χ0n) is 22.6. The number of nitrogens with one attached hydrogen (secondary N) is 1. The van der Waals surface area contributed by atoms with Gasteiger partial charge in [0.15, 0.2) is 0 Å². The number of benzene rings is 2. The molecule has 0 aromatic heterocycles. The SMILES string of the molecule is Cc1ccc(C)c(N(CCCC(=O)N(Cc2c(Cl)cccc2Cl)[C@@H](C)C(=O)NC(C)(C)C)S(C)(=O)=O)c1. The van der Waals surface area contributed by atoms with Crippen molar-refractivity contribution in [1.29, 1.82) is 0 Å². The van der Waals surface area contributed by atoms with Crippen LogP contribution in [0.1, 0.15) is 57.2 Å². The van der Waals surface area contributed by atoms with E-state index < -0.39 is 21.6 Å². The fraction of sp³-hybridized carbons (Fsp3) is 0.481. The number of rotatable bonds is 10. The van der Waals surface area contributed by atoms with Gasteiger partial charge < -0.3 is 10.2 Å². The molecule has 0 unspecified atom stereocenters. The van der Waals surface area contributed by atoms with Crippen LogP contribution in [-0.4, -0.2) is 49.5 Å². The van der Waals surface area contributed by atoms with Crippen molar-refractivity contribution in [3.8, 4) is 0 Å². The highest BCUT2D eigenvalue weighted by Gasteiger charge is 2.29. The second-order valence-electron chi connectivity index (χ2n) is 10.4. The summed E-state index contributed by atoms with van der Waals surface area (Å²) in [6, 6.07) is 9.89. The number of aryl methyl sites for hydroxylation is 2. The van der Waals surface area contributed by atoms with E-state index in [1.165, 1.54) is 9.21 Å². The van der Waals surface area contributed by atoms with Crippen LogP contribution in [0.4, 0.5) is 5.69 Å². The molecule has 204 valence electrons. The molecule has 0 spiro atoms. The van der Waals surface area contributed by atoms with E-state index in [1.807, 2.05) is 52.8 Å². The highest BCUT2D eigenvalue weighted by atomic mass is 35.5. The van der Waals surface area contributed by atoms with Crippen molar-refractivity contribution < 1.29 is 18.0 Å². The van der Waals surface area contributed by atoms with E-state index in [0.29, 0.717) is 21.3 Å². The Morgan fingerprint density at radius 2 is 1.65 bits per heavy atom. The summed E-state index contributed by atoms with van der Waals surface area (Å²) < 4.78 is 26.5. The van der Waals surface area contributed by atoms with Crippen molar-refractivity contribution in [3.63, 3.8) is 0 Å². The fourth-order valence-corrected chi connectivity index (χ4v) is 5.41. The maximum absolute atomic E-state index is 13.5. The lowest BCUT2D eigenvalue weighted by molar-refractivity contribution is -0.141. The van der Waals surface area contributed by atoms with Gasteiger partial charge in [-0.15, -0.1) is 0 Å². The first-order chi connectivity index (χ1) is 17.0. The molecular weight excluding hydrogens is 533 g/mol. The molecule has 0 saturated carbocycles. The second-order valence-corrected chi connectivity index (χ2v) is 13.1. The Bertz CT molecular complexity index is 1220. The molecule has 7 nitrogen and oxygen atoms in total. The summed E-state index contributed by atoms with van der Waals surface area (Å²) in [5.41, 5.74) is 2.41. The molecule has 10 heteroatoms. The molecule has 0 bridgehead atoms. The average Bonchev–Trinajstić information content (AvgIpc) is 2.76. The van der Waals surface area contributed by atoms with Crippen LogP contribution in [0.15, 0.2) is 36.4 Å². The minimum atomic E-state index is -3.58. The molecule has 0 heterocycles. The van der Waals surface area contributed by atoms with Crippen LogP contribution in [0, 0.1) is 13.8 Å². The lowest BCUT2D eigenvalue weighted by Crippen LogP contribution is -2.52. The number of halogens is 2. The van der Waals surface area contributed by atoms with Gasteiger partial charge in [-0.05, 0) is 77.3 Å². The smallest absolute Gasteiger partial charge is 0.242 e. The normalized spacial score (nSPS) is 12.7. The molecule has 0 aliphatic rings. The Morgan fingerprint density at radius 1 is 1.05 bits per heavy atom. The van der Waals surface area contributed by atoms with Gasteiger partial charge in [-0.3, -0.25) is 13.9 Å². The van der Waals surface area contributed by atoms with Gasteiger partial charge in [0.25, 0.3) is 0 Å². The first-order valence-corrected chi connectivity index (χ1v) is 14.7. The van der Waals surface area contributed by atoms with Gasteiger partial charge in [0.2, 0.25) is 21.8 Å². The molecule has 0 saturated heterocycles. The quantitative estimate of drug-likeness (QED) is 0.410. The molecule has 2 aromatic rings. The van der Waals surface area contributed by atoms with Crippen LogP contribution in [-0.2, 0) is 26.2 Å². The van der Waals surface area contributed by atoms with Crippen molar-refractivity contribution >= 4 is 50.7 Å². The Kier molecular flexibility index (Phi) is 10.5. The standard InChI is InChI=1S/C27H37Cl2N3O4S/c1-18-13-14-19(2)24(16-18)32(37(7,35)36)15-9-12-25(33)31(20(3)26(34)30-27(4,5)6)17-21-22(28)10-8-11-23(21)29/h8,10-11,13-14,16,20H,9,12,15,17H2,1-7H3,(H,30,34)/t20-/m0/s1. The third-order valence-electron chi connectivity index (χ3n) is 5.84. The largest absolute Gasteiger partial charge is 0.350 e. The summed E-state index contributed by atoms with van der Waals surface area (Å²) in [5.74, 6) is -0.612. The van der Waals surface area contributed by atoms with Gasteiger partial charge in [-0.1, -0.05) is 41.4 Å². The van der Waals surface area contributed by atoms with Crippen molar-refractivity contribution in [2.24, 2.45) is 0 Å². The summed E-state index contributed by atoms with van der Waals surface area (Å²) >= 11 is 12.7. The molecular formula is C27H37Cl2N3O4S. The van der Waals surface area contributed by atoms with Crippen LogP contribution in [0.3, 0.4) is 0 Å². The van der Waals surface area contributed by atoms with E-state index in [4.69, 9.17) is 23.2 Å². The van der Waals surface area contributed by atoms with Crippen molar-refractivity contribution in [2.75, 3.05) is 17.1 Å². The number of hydrogen-bond donors (Lipinski definition) is 1. The van der Waals surface area contributed by atoms with Crippen molar-refractivity contribution in [1.82, 2.24) is 10.2 Å². The Morgan fingerprint density at radius 3 is 2.19 bits per heavy atom. The van der Waals surface area contributed by atoms with Gasteiger partial charge in [-0.2, -0.15) is 0 Å². The van der Waals surface area contributed by atoms with Crippen LogP contribution in [0.25, 0.3) is 0 Å². The summed E-state index contributed by atoms with van der Waals surface area (Å²) in [7, 11) is -3.58. The maximum Gasteiger partial charge on any atom is 0.242 e. The predicted octanol–water partition coefficient (Wildman–Crippen LogP) is 5.49. The van der Waals surface area contributed by atoms with E-state index in [9.17, 15) is 18.0 Å². The number of anilines is 1. The van der Waals surface area contributed by atoms with Crippen molar-refractivity contribution in [2.45, 2.75) is 72.5 Å². The number of sulfonamides is 1. The zero-order chi connectivity index (χ0) is 28.1. The summed E-state index contributed by atoms with van der Waals surface area (Å²) in [6.07, 6.45) is 1.45. The number of amides is 2. The topological polar surface area (TPSA) is 86.8 Å². The maximum atomic E-state index is 13.5. The highest BCUT2D eigenvalue weighted by molar-refractivity contribution is 7.92. The highest BCUT2D eigenvalue weighted by Crippen LogP contribution is 2.28. The molecule has 2 amide bonds. The monoisotopic (exact) mass is 569 g/mol. The molecule has 1 N–H and O–H groups in total. The number of carbonyl (C=O) groups excluding carboxylic acids is 2. The lowest BCUT2D eigenvalue weighted by atomic mass is 10.1. The minimum Gasteiger partial charge on any atom is -0.350 e. The average molecular weight is 571 g/mol. The van der Waals surface area contributed by atoms with Gasteiger partial charge in [0.05, 0.1) is 11.9 Å². The molecule has 2 rings (SSSR count). The second kappa shape index (κ2) is 12.5. The van der Waals surface area contributed by atoms with E-state index >= 15 is 0 Å². The number of hydrogen-bond acceptors (Lipinski definition) is 4. The Labute approximate surface area is 231 Å². The summed E-state index contributed by atoms with van der Waals surface area (Å²) in [4.78, 5) is 27.9. The Hall–Kier alpha value is -2.29. The molecule has 0 fully saturated rings. The lowest BCUT2D eigenvalue weighted by Gasteiger charge is -2.32. The van der Waals surface area contributed by atoms with Crippen LogP contribution < -0.4 is 9.62 Å². The Balaban J connectivity index is 2.28. The third-order valence-corrected chi connectivity index (χ3v) is 7.73. The summed E-state index contributed by atoms with van der Waals surface area (Å²) in [6.45, 7) is 11.2. The number of carbonyl (C=O) groups is 2. The van der Waals surface area contributed by atoms with E-state index in [0.717, 1.165) is 17.4 Å². The first kappa shape index (κ1) is 30.9. The van der Waals surface area contributed by atoms with Crippen LogP contribution >= 0.6 is 23.2 Å². The van der Waals surface area contributed by atoms with Crippen LogP contribution in [0.2, 0.25) is 10.0 Å². The third kappa shape index (κ3) is 8.90. The molecule has 2 aromatic carbocycles. The molecule has 1 atom stereocenters. The number of nitrogens with zero attached hydrogens (tertiary/aromatic N) is 2. The van der Waals surface area contributed by atoms with E-state index in [-0.39, 0.29) is 37.7 Å². The minimum absolute atomic E-state index is 0.0338. The van der Waals surface area contributed by atoms with Crippen molar-refractivity contribution in [3.05, 3.63) is 63.1 Å². The van der Waals surface area contributed by atoms with E-state index in [2.05, 4.69) is 5.32 Å². The predicted molar refractivity (Wildman–Crippen MR) is 152 cm³/mol. The van der Waals surface area contributed by atoms with Crippen LogP contribution in [0.5, 0.6) is 0 Å². The van der Waals surface area contributed by atoms with E-state index in [1.54, 1.807) is 25.1 Å². The van der Waals surface area contributed by atoms with Gasteiger partial charge in [-0.25, -0.2) is 8.42 Å². The summed E-state index contributed by atoms with van der Waals surface area (Å²) in [5, 5.41) is 3.70. The molecule has 37 heavy (non-hydrogen) atoms. The van der Waals surface area contributed by atoms with Gasteiger partial charge in [0, 0.05) is 40.7 Å². The fourth-order valence-electron chi connectivity index (χ4n) is 3.88. The molecule has 0 aliphatic heterocycles. The molecule has 0 aliphatic carbocycles. The van der Waals surface area contributed by atoms with Gasteiger partial charge in [0.1, 0.15) is 6.04 Å². The molecule has 0 radical (unpaired) electrons. The first-order valence-electron chi connectivity index (χ1n) is 12.1. The zero-order valence-corrected chi connectivity index (χ0v) is 24.9. The van der Waals surface area contributed by atoms with Gasteiger partial charge >= 0.3 is 0 Å².